The Labute approximate surface area is 135 Å². The van der Waals surface area contributed by atoms with Crippen molar-refractivity contribution < 1.29 is 9.90 Å². The number of aryl methyl sites for hydroxylation is 1. The van der Waals surface area contributed by atoms with Gasteiger partial charge in [-0.25, -0.2) is 4.79 Å². The number of nitrogens with zero attached hydrogens (tertiary/aromatic N) is 3. The van der Waals surface area contributed by atoms with Crippen molar-refractivity contribution >= 4 is 11.8 Å². The Morgan fingerprint density at radius 3 is 2.70 bits per heavy atom. The lowest BCUT2D eigenvalue weighted by atomic mass is 10.1. The zero-order valence-electron chi connectivity index (χ0n) is 13.3. The van der Waals surface area contributed by atoms with Crippen molar-refractivity contribution in [3.05, 3.63) is 42.5 Å². The predicted octanol–water partition coefficient (Wildman–Crippen LogP) is 2.69. The van der Waals surface area contributed by atoms with Crippen LogP contribution in [0.4, 0.5) is 10.5 Å². The van der Waals surface area contributed by atoms with Crippen LogP contribution in [0.5, 0.6) is 0 Å². The van der Waals surface area contributed by atoms with Gasteiger partial charge in [0.15, 0.2) is 0 Å². The topological polar surface area (TPSA) is 78.4 Å². The summed E-state index contributed by atoms with van der Waals surface area (Å²) in [5, 5.41) is 11.6. The minimum absolute atomic E-state index is 0.317. The van der Waals surface area contributed by atoms with Crippen LogP contribution in [0.15, 0.2) is 36.8 Å². The van der Waals surface area contributed by atoms with Gasteiger partial charge in [0.25, 0.3) is 0 Å². The third kappa shape index (κ3) is 3.41. The maximum Gasteiger partial charge on any atom is 0.405 e. The molecule has 0 atom stereocenters. The second-order valence-electron chi connectivity index (χ2n) is 6.13. The van der Waals surface area contributed by atoms with Gasteiger partial charge < -0.3 is 15.3 Å². The van der Waals surface area contributed by atoms with Crippen molar-refractivity contribution in [2.24, 2.45) is 0 Å². The van der Waals surface area contributed by atoms with E-state index in [2.05, 4.69) is 26.3 Å². The summed E-state index contributed by atoms with van der Waals surface area (Å²) in [5.74, 6) is 0. The van der Waals surface area contributed by atoms with E-state index < -0.39 is 6.09 Å². The highest BCUT2D eigenvalue weighted by atomic mass is 16.4. The van der Waals surface area contributed by atoms with E-state index in [4.69, 9.17) is 5.11 Å². The van der Waals surface area contributed by atoms with Crippen molar-refractivity contribution in [1.82, 2.24) is 15.3 Å². The summed E-state index contributed by atoms with van der Waals surface area (Å²) in [6.07, 6.45) is 6.15. The summed E-state index contributed by atoms with van der Waals surface area (Å²) in [7, 11) is 1.96. The molecule has 1 amide bonds. The van der Waals surface area contributed by atoms with E-state index in [1.165, 1.54) is 0 Å². The van der Waals surface area contributed by atoms with Crippen LogP contribution in [0.1, 0.15) is 18.5 Å². The van der Waals surface area contributed by atoms with E-state index in [9.17, 15) is 4.79 Å². The normalized spacial score (nSPS) is 15.0. The maximum atomic E-state index is 10.9. The van der Waals surface area contributed by atoms with Gasteiger partial charge in [-0.15, -0.1) is 0 Å². The van der Waals surface area contributed by atoms with Crippen molar-refractivity contribution in [1.29, 1.82) is 0 Å². The Kier molecular flexibility index (Phi) is 3.90. The Morgan fingerprint density at radius 2 is 2.09 bits per heavy atom. The average molecular weight is 312 g/mol. The lowest BCUT2D eigenvalue weighted by molar-refractivity contribution is 0.188. The molecule has 23 heavy (non-hydrogen) atoms. The number of carboxylic acid groups (broad SMARTS) is 1. The molecule has 2 N–H and O–H groups in total. The number of hydrogen-bond acceptors (Lipinski definition) is 4. The Morgan fingerprint density at radius 1 is 1.39 bits per heavy atom. The molecule has 1 saturated carbocycles. The summed E-state index contributed by atoms with van der Waals surface area (Å²) in [6, 6.07) is 6.01. The molecule has 0 radical (unpaired) electrons. The van der Waals surface area contributed by atoms with Crippen molar-refractivity contribution in [2.45, 2.75) is 25.3 Å². The fourth-order valence-corrected chi connectivity index (χ4v) is 2.80. The molecule has 2 aromatic heterocycles. The molecule has 2 heterocycles. The molecule has 6 nitrogen and oxygen atoms in total. The van der Waals surface area contributed by atoms with Crippen LogP contribution in [0.2, 0.25) is 0 Å². The molecule has 120 valence electrons. The minimum Gasteiger partial charge on any atom is -0.465 e. The van der Waals surface area contributed by atoms with Crippen LogP contribution in [0.3, 0.4) is 0 Å². The molecule has 0 unspecified atom stereocenters. The molecule has 1 aliphatic rings. The van der Waals surface area contributed by atoms with Gasteiger partial charge in [0, 0.05) is 37.2 Å². The number of pyridine rings is 2. The lowest BCUT2D eigenvalue weighted by Gasteiger charge is -2.26. The second-order valence-corrected chi connectivity index (χ2v) is 6.13. The van der Waals surface area contributed by atoms with Crippen LogP contribution in [0.25, 0.3) is 11.1 Å². The number of amides is 1. The van der Waals surface area contributed by atoms with Crippen LogP contribution < -0.4 is 10.2 Å². The third-order valence-corrected chi connectivity index (χ3v) is 4.27. The monoisotopic (exact) mass is 312 g/mol. The first-order valence-electron chi connectivity index (χ1n) is 7.58. The maximum absolute atomic E-state index is 10.9. The highest BCUT2D eigenvalue weighted by molar-refractivity contribution is 5.70. The lowest BCUT2D eigenvalue weighted by Crippen LogP contribution is -2.44. The summed E-state index contributed by atoms with van der Waals surface area (Å²) >= 11 is 0. The minimum atomic E-state index is -0.963. The van der Waals surface area contributed by atoms with Crippen molar-refractivity contribution in [2.75, 3.05) is 18.5 Å². The number of rotatable bonds is 5. The van der Waals surface area contributed by atoms with E-state index in [-0.39, 0.29) is 5.54 Å². The molecule has 1 fully saturated rings. The molecule has 2 aromatic rings. The number of likely N-dealkylation sites (N-methyl/N-ethyl adjacent to an activating group) is 1. The van der Waals surface area contributed by atoms with E-state index in [1.54, 1.807) is 12.4 Å². The van der Waals surface area contributed by atoms with Gasteiger partial charge in [0.05, 0.1) is 17.4 Å². The molecule has 3 rings (SSSR count). The zero-order valence-corrected chi connectivity index (χ0v) is 13.3. The van der Waals surface area contributed by atoms with Gasteiger partial charge in [-0.2, -0.15) is 0 Å². The van der Waals surface area contributed by atoms with E-state index in [0.717, 1.165) is 35.3 Å². The zero-order chi connectivity index (χ0) is 16.4. The predicted molar refractivity (Wildman–Crippen MR) is 88.6 cm³/mol. The molecule has 0 spiro atoms. The standard InChI is InChI=1S/C17H20N4O2/c1-12-15(13-3-7-18-8-4-13)9-14(10-19-12)21(2)11-17(5-6-17)20-16(22)23/h3-4,7-10,20H,5-6,11H2,1-2H3,(H,22,23). The van der Waals surface area contributed by atoms with E-state index in [0.29, 0.717) is 6.54 Å². The molecular weight excluding hydrogens is 292 g/mol. The number of hydrogen-bond donors (Lipinski definition) is 2. The SMILES string of the molecule is Cc1ncc(N(C)CC2(NC(=O)O)CC2)cc1-c1ccncc1. The number of nitrogens with one attached hydrogen (secondary N) is 1. The molecule has 0 saturated heterocycles. The molecule has 0 bridgehead atoms. The first kappa shape index (κ1) is 15.3. The molecule has 0 aliphatic heterocycles. The van der Waals surface area contributed by atoms with Crippen LogP contribution in [-0.4, -0.2) is 40.3 Å². The summed E-state index contributed by atoms with van der Waals surface area (Å²) in [5.41, 5.74) is 3.75. The van der Waals surface area contributed by atoms with Gasteiger partial charge >= 0.3 is 6.09 Å². The first-order valence-corrected chi connectivity index (χ1v) is 7.58. The number of carbonyl (C=O) groups is 1. The van der Waals surface area contributed by atoms with Gasteiger partial charge in [0.2, 0.25) is 0 Å². The highest BCUT2D eigenvalue weighted by Gasteiger charge is 2.45. The van der Waals surface area contributed by atoms with Crippen molar-refractivity contribution in [3.8, 4) is 11.1 Å². The summed E-state index contributed by atoms with van der Waals surface area (Å²) < 4.78 is 0. The second kappa shape index (κ2) is 5.87. The van der Waals surface area contributed by atoms with E-state index >= 15 is 0 Å². The fraction of sp³-hybridized carbons (Fsp3) is 0.353. The highest BCUT2D eigenvalue weighted by Crippen LogP contribution is 2.37. The van der Waals surface area contributed by atoms with Gasteiger partial charge in [-0.05, 0) is 43.5 Å². The Bertz CT molecular complexity index is 714. The Hall–Kier alpha value is -2.63. The molecule has 0 aromatic carbocycles. The summed E-state index contributed by atoms with van der Waals surface area (Å²) in [4.78, 5) is 21.5. The average Bonchev–Trinajstić information content (AvgIpc) is 3.26. The van der Waals surface area contributed by atoms with Gasteiger partial charge in [-0.3, -0.25) is 9.97 Å². The van der Waals surface area contributed by atoms with Crippen LogP contribution >= 0.6 is 0 Å². The van der Waals surface area contributed by atoms with Gasteiger partial charge in [-0.1, -0.05) is 0 Å². The van der Waals surface area contributed by atoms with Crippen molar-refractivity contribution in [3.63, 3.8) is 0 Å². The summed E-state index contributed by atoms with van der Waals surface area (Å²) in [6.45, 7) is 2.62. The van der Waals surface area contributed by atoms with Crippen LogP contribution in [0, 0.1) is 6.92 Å². The number of anilines is 1. The fourth-order valence-electron chi connectivity index (χ4n) is 2.80. The third-order valence-electron chi connectivity index (χ3n) is 4.27. The smallest absolute Gasteiger partial charge is 0.405 e. The molecule has 6 heteroatoms. The quantitative estimate of drug-likeness (QED) is 0.887. The molecular formula is C17H20N4O2. The first-order chi connectivity index (χ1) is 11.0. The largest absolute Gasteiger partial charge is 0.465 e. The van der Waals surface area contributed by atoms with Gasteiger partial charge in [0.1, 0.15) is 0 Å². The van der Waals surface area contributed by atoms with E-state index in [1.807, 2.05) is 32.3 Å². The Balaban J connectivity index is 1.82. The van der Waals surface area contributed by atoms with Crippen LogP contribution in [-0.2, 0) is 0 Å². The molecule has 1 aliphatic carbocycles. The number of aromatic nitrogens is 2.